The highest BCUT2D eigenvalue weighted by molar-refractivity contribution is 5.86. The summed E-state index contributed by atoms with van der Waals surface area (Å²) in [6.45, 7) is 1.59. The Morgan fingerprint density at radius 1 is 1.00 bits per heavy atom. The van der Waals surface area contributed by atoms with Gasteiger partial charge in [0.25, 0.3) is 5.91 Å². The molecule has 0 radical (unpaired) electrons. The predicted octanol–water partition coefficient (Wildman–Crippen LogP) is 2.91. The highest BCUT2D eigenvalue weighted by Crippen LogP contribution is 2.26. The van der Waals surface area contributed by atoms with Crippen LogP contribution in [0, 0.1) is 0 Å². The van der Waals surface area contributed by atoms with Gasteiger partial charge in [-0.1, -0.05) is 42.5 Å². The fourth-order valence-electron chi connectivity index (χ4n) is 3.05. The second kappa shape index (κ2) is 7.95. The van der Waals surface area contributed by atoms with Gasteiger partial charge in [0, 0.05) is 24.9 Å². The van der Waals surface area contributed by atoms with Gasteiger partial charge in [0.15, 0.2) is 0 Å². The lowest BCUT2D eigenvalue weighted by Gasteiger charge is -2.24. The molecule has 1 heterocycles. The molecule has 1 fully saturated rings. The normalized spacial score (nSPS) is 16.4. The summed E-state index contributed by atoms with van der Waals surface area (Å²) in [6, 6.07) is 17.7. The molecule has 5 heteroatoms. The van der Waals surface area contributed by atoms with E-state index >= 15 is 0 Å². The van der Waals surface area contributed by atoms with Crippen molar-refractivity contribution in [2.45, 2.75) is 24.8 Å². The smallest absolute Gasteiger partial charge is 0.255 e. The number of benzene rings is 2. The maximum atomic E-state index is 12.1. The third kappa shape index (κ3) is 3.93. The second-order valence-corrected chi connectivity index (χ2v) is 5.97. The highest BCUT2D eigenvalue weighted by atomic mass is 16.5. The summed E-state index contributed by atoms with van der Waals surface area (Å²) >= 11 is 0. The lowest BCUT2D eigenvalue weighted by Crippen LogP contribution is -2.28. The van der Waals surface area contributed by atoms with Crippen molar-refractivity contribution in [3.8, 4) is 0 Å². The van der Waals surface area contributed by atoms with Gasteiger partial charge in [-0.15, -0.1) is 0 Å². The summed E-state index contributed by atoms with van der Waals surface area (Å²) in [7, 11) is 0. The average Bonchev–Trinajstić information content (AvgIpc) is 2.65. The van der Waals surface area contributed by atoms with Crippen molar-refractivity contribution in [1.29, 1.82) is 0 Å². The number of hydrogen-bond acceptors (Lipinski definition) is 4. The van der Waals surface area contributed by atoms with Crippen LogP contribution in [-0.4, -0.2) is 30.4 Å². The number of hydroxylamine groups is 1. The first-order valence-corrected chi connectivity index (χ1v) is 8.21. The average molecular weight is 326 g/mol. The molecule has 3 N–H and O–H groups in total. The number of ether oxygens (including phenoxy) is 1. The van der Waals surface area contributed by atoms with Crippen molar-refractivity contribution < 1.29 is 14.7 Å². The van der Waals surface area contributed by atoms with Crippen molar-refractivity contribution in [2.24, 2.45) is 0 Å². The summed E-state index contributed by atoms with van der Waals surface area (Å²) in [5.74, 6) is -0.973. The highest BCUT2D eigenvalue weighted by Gasteiger charge is 2.22. The van der Waals surface area contributed by atoms with Crippen LogP contribution < -0.4 is 10.8 Å². The van der Waals surface area contributed by atoms with Crippen LogP contribution in [0.1, 0.15) is 29.9 Å². The Balaban J connectivity index is 1.77. The van der Waals surface area contributed by atoms with Crippen LogP contribution >= 0.6 is 0 Å². The van der Waals surface area contributed by atoms with Gasteiger partial charge in [0.05, 0.1) is 5.92 Å². The molecule has 1 amide bonds. The largest absolute Gasteiger partial charge is 0.382 e. The fourth-order valence-corrected chi connectivity index (χ4v) is 3.05. The van der Waals surface area contributed by atoms with Gasteiger partial charge in [-0.3, -0.25) is 10.0 Å². The molecule has 1 atom stereocenters. The second-order valence-electron chi connectivity index (χ2n) is 5.97. The van der Waals surface area contributed by atoms with Gasteiger partial charge in [-0.2, -0.15) is 0 Å². The topological polar surface area (TPSA) is 70.6 Å². The third-order valence-corrected chi connectivity index (χ3v) is 4.34. The minimum atomic E-state index is -0.534. The number of hydrogen-bond donors (Lipinski definition) is 3. The first kappa shape index (κ1) is 16.5. The Kier molecular flexibility index (Phi) is 5.46. The number of carbonyl (C=O) groups excluding carboxylic acids is 1. The molecule has 126 valence electrons. The van der Waals surface area contributed by atoms with E-state index in [1.54, 1.807) is 5.48 Å². The van der Waals surface area contributed by atoms with Crippen LogP contribution in [-0.2, 0) is 9.53 Å². The molecule has 3 rings (SSSR count). The minimum absolute atomic E-state index is 0.426. The fraction of sp³-hybridized carbons (Fsp3) is 0.316. The summed E-state index contributed by atoms with van der Waals surface area (Å²) in [6.07, 6.45) is 2.00. The van der Waals surface area contributed by atoms with Crippen LogP contribution in [0.4, 0.5) is 5.69 Å². The van der Waals surface area contributed by atoms with E-state index in [1.165, 1.54) is 0 Å². The summed E-state index contributed by atoms with van der Waals surface area (Å²) < 4.78 is 5.37. The molecule has 1 aliphatic heterocycles. The molecule has 5 nitrogen and oxygen atoms in total. The van der Waals surface area contributed by atoms with E-state index in [1.807, 2.05) is 54.6 Å². The standard InChI is InChI=1S/C19H22N2O3/c22-19(21-23)18(14-4-2-1-3-5-14)15-6-8-16(9-7-15)20-17-10-12-24-13-11-17/h1-9,17-18,20,23H,10-13H2,(H,21,22). The van der Waals surface area contributed by atoms with Crippen LogP contribution in [0.15, 0.2) is 54.6 Å². The van der Waals surface area contributed by atoms with Gasteiger partial charge in [0.1, 0.15) is 0 Å². The maximum Gasteiger partial charge on any atom is 0.255 e. The van der Waals surface area contributed by atoms with Gasteiger partial charge < -0.3 is 10.1 Å². The van der Waals surface area contributed by atoms with Crippen molar-refractivity contribution in [2.75, 3.05) is 18.5 Å². The molecule has 24 heavy (non-hydrogen) atoms. The van der Waals surface area contributed by atoms with Gasteiger partial charge in [-0.25, -0.2) is 5.48 Å². The Bertz CT molecular complexity index is 652. The third-order valence-electron chi connectivity index (χ3n) is 4.34. The van der Waals surface area contributed by atoms with Crippen molar-refractivity contribution >= 4 is 11.6 Å². The molecule has 2 aromatic carbocycles. The van der Waals surface area contributed by atoms with Crippen LogP contribution in [0.5, 0.6) is 0 Å². The van der Waals surface area contributed by atoms with E-state index in [2.05, 4.69) is 5.32 Å². The predicted molar refractivity (Wildman–Crippen MR) is 92.1 cm³/mol. The summed E-state index contributed by atoms with van der Waals surface area (Å²) in [4.78, 5) is 12.1. The van der Waals surface area contributed by atoms with Crippen LogP contribution in [0.3, 0.4) is 0 Å². The van der Waals surface area contributed by atoms with E-state index < -0.39 is 11.8 Å². The number of nitrogens with one attached hydrogen (secondary N) is 2. The lowest BCUT2D eigenvalue weighted by molar-refractivity contribution is -0.129. The van der Waals surface area contributed by atoms with E-state index in [0.29, 0.717) is 6.04 Å². The minimum Gasteiger partial charge on any atom is -0.382 e. The number of anilines is 1. The van der Waals surface area contributed by atoms with Crippen LogP contribution in [0.25, 0.3) is 0 Å². The van der Waals surface area contributed by atoms with E-state index in [-0.39, 0.29) is 0 Å². The first-order valence-electron chi connectivity index (χ1n) is 8.21. The van der Waals surface area contributed by atoms with Gasteiger partial charge in [0.2, 0.25) is 0 Å². The Morgan fingerprint density at radius 2 is 1.62 bits per heavy atom. The molecule has 0 spiro atoms. The molecule has 1 aliphatic rings. The number of rotatable bonds is 5. The zero-order valence-electron chi connectivity index (χ0n) is 13.4. The molecule has 1 unspecified atom stereocenters. The lowest BCUT2D eigenvalue weighted by atomic mass is 9.90. The molecule has 0 bridgehead atoms. The monoisotopic (exact) mass is 326 g/mol. The Morgan fingerprint density at radius 3 is 2.25 bits per heavy atom. The van der Waals surface area contributed by atoms with E-state index in [9.17, 15) is 4.79 Å². The Hall–Kier alpha value is -2.37. The first-order chi connectivity index (χ1) is 11.8. The van der Waals surface area contributed by atoms with Crippen molar-refractivity contribution in [3.05, 3.63) is 65.7 Å². The maximum absolute atomic E-state index is 12.1. The zero-order chi connectivity index (χ0) is 16.8. The number of carbonyl (C=O) groups is 1. The van der Waals surface area contributed by atoms with Crippen molar-refractivity contribution in [3.63, 3.8) is 0 Å². The molecule has 0 saturated carbocycles. The van der Waals surface area contributed by atoms with Crippen LogP contribution in [0.2, 0.25) is 0 Å². The molecular formula is C19H22N2O3. The molecule has 1 saturated heterocycles. The molecule has 0 aromatic heterocycles. The van der Waals surface area contributed by atoms with Gasteiger partial charge >= 0.3 is 0 Å². The zero-order valence-corrected chi connectivity index (χ0v) is 13.4. The van der Waals surface area contributed by atoms with Crippen molar-refractivity contribution in [1.82, 2.24) is 5.48 Å². The van der Waals surface area contributed by atoms with E-state index in [4.69, 9.17) is 9.94 Å². The Labute approximate surface area is 141 Å². The molecule has 2 aromatic rings. The van der Waals surface area contributed by atoms with Gasteiger partial charge in [-0.05, 0) is 36.1 Å². The summed E-state index contributed by atoms with van der Waals surface area (Å²) in [5, 5.41) is 12.6. The summed E-state index contributed by atoms with van der Waals surface area (Å²) in [5.41, 5.74) is 4.48. The SMILES string of the molecule is O=C(NO)C(c1ccccc1)c1ccc(NC2CCOCC2)cc1. The quantitative estimate of drug-likeness (QED) is 0.584. The number of amides is 1. The van der Waals surface area contributed by atoms with E-state index in [0.717, 1.165) is 42.9 Å². The molecule has 0 aliphatic carbocycles. The molecular weight excluding hydrogens is 304 g/mol.